The van der Waals surface area contributed by atoms with Gasteiger partial charge in [0, 0.05) is 6.20 Å². The van der Waals surface area contributed by atoms with Gasteiger partial charge in [-0.3, -0.25) is 4.98 Å². The molecular weight excluding hydrogens is 393 g/mol. The average molecular weight is 400 g/mol. The van der Waals surface area contributed by atoms with Crippen molar-refractivity contribution in [3.05, 3.63) is 58.4 Å². The number of nitrogens with two attached hydrogens (primary N) is 1. The molecule has 2 aromatic rings. The van der Waals surface area contributed by atoms with Crippen LogP contribution in [0.5, 0.6) is 0 Å². The second-order valence-corrected chi connectivity index (χ2v) is 6.50. The number of amidine groups is 1. The van der Waals surface area contributed by atoms with Gasteiger partial charge in [-0.1, -0.05) is 17.7 Å². The summed E-state index contributed by atoms with van der Waals surface area (Å²) < 4.78 is 91.7. The van der Waals surface area contributed by atoms with Crippen molar-refractivity contribution < 1.29 is 30.4 Å². The van der Waals surface area contributed by atoms with Crippen LogP contribution in [0.15, 0.2) is 39.8 Å². The third-order valence-electron chi connectivity index (χ3n) is 2.81. The normalized spacial score (nSPS) is 13.1. The number of hydrogen-bond acceptors (Lipinski definition) is 3. The minimum Gasteiger partial charge on any atom is -0.381 e. The Labute approximate surface area is 143 Å². The number of hydrogen-bond donors (Lipinski definition) is 1. The van der Waals surface area contributed by atoms with E-state index >= 15 is 0 Å². The van der Waals surface area contributed by atoms with Gasteiger partial charge in [0.15, 0.2) is 10.7 Å². The molecule has 0 saturated carbocycles. The second-order valence-electron chi connectivity index (χ2n) is 4.55. The first-order chi connectivity index (χ1) is 11.4. The van der Waals surface area contributed by atoms with E-state index in [-0.39, 0.29) is 0 Å². The van der Waals surface area contributed by atoms with Crippen molar-refractivity contribution in [2.75, 3.05) is 0 Å². The van der Waals surface area contributed by atoms with Crippen molar-refractivity contribution in [2.45, 2.75) is 11.1 Å². The molecule has 0 saturated heterocycles. The zero-order chi connectivity index (χ0) is 19.0. The van der Waals surface area contributed by atoms with E-state index in [0.29, 0.717) is 24.4 Å². The summed E-state index contributed by atoms with van der Waals surface area (Å²) in [7, 11) is -4.93. The van der Waals surface area contributed by atoms with Crippen LogP contribution in [0.25, 0.3) is 0 Å². The van der Waals surface area contributed by atoms with E-state index in [1.807, 2.05) is 0 Å². The maximum Gasteiger partial charge on any atom is 0.417 e. The molecule has 25 heavy (non-hydrogen) atoms. The van der Waals surface area contributed by atoms with Crippen LogP contribution in [0.2, 0.25) is 5.02 Å². The Morgan fingerprint density at radius 3 is 2.24 bits per heavy atom. The molecular formula is C13H7ClF5N3O2S. The predicted molar refractivity (Wildman–Crippen MR) is 78.5 cm³/mol. The van der Waals surface area contributed by atoms with Gasteiger partial charge in [-0.15, -0.1) is 4.40 Å². The lowest BCUT2D eigenvalue weighted by Gasteiger charge is -2.09. The molecule has 0 aliphatic heterocycles. The average Bonchev–Trinajstić information content (AvgIpc) is 2.44. The van der Waals surface area contributed by atoms with E-state index in [4.69, 9.17) is 17.3 Å². The van der Waals surface area contributed by atoms with Crippen molar-refractivity contribution in [1.82, 2.24) is 4.98 Å². The van der Waals surface area contributed by atoms with Crippen LogP contribution in [0, 0.1) is 11.6 Å². The first kappa shape index (κ1) is 19.1. The van der Waals surface area contributed by atoms with Crippen LogP contribution >= 0.6 is 11.6 Å². The van der Waals surface area contributed by atoms with E-state index in [1.54, 1.807) is 0 Å². The van der Waals surface area contributed by atoms with Crippen LogP contribution in [0.4, 0.5) is 22.0 Å². The monoisotopic (exact) mass is 399 g/mol. The molecule has 1 heterocycles. The van der Waals surface area contributed by atoms with E-state index in [0.717, 1.165) is 6.07 Å². The molecule has 1 aromatic heterocycles. The molecule has 0 aliphatic rings. The SMILES string of the molecule is N/C(=N\S(=O)(=O)c1c(F)cccc1F)c1ncc(C(F)(F)F)cc1Cl. The number of aromatic nitrogens is 1. The third kappa shape index (κ3) is 4.04. The molecule has 134 valence electrons. The molecule has 0 bridgehead atoms. The lowest BCUT2D eigenvalue weighted by molar-refractivity contribution is -0.137. The number of alkyl halides is 3. The lowest BCUT2D eigenvalue weighted by atomic mass is 10.2. The predicted octanol–water partition coefficient (Wildman–Crippen LogP) is 3.13. The molecule has 0 amide bonds. The first-order valence-electron chi connectivity index (χ1n) is 6.21. The van der Waals surface area contributed by atoms with E-state index in [2.05, 4.69) is 9.38 Å². The molecule has 0 fully saturated rings. The highest BCUT2D eigenvalue weighted by atomic mass is 35.5. The first-order valence-corrected chi connectivity index (χ1v) is 8.03. The van der Waals surface area contributed by atoms with Gasteiger partial charge in [0.05, 0.1) is 10.6 Å². The lowest BCUT2D eigenvalue weighted by Crippen LogP contribution is -2.20. The van der Waals surface area contributed by atoms with Crippen LogP contribution < -0.4 is 5.73 Å². The molecule has 5 nitrogen and oxygen atoms in total. The summed E-state index contributed by atoms with van der Waals surface area (Å²) in [5.74, 6) is -3.76. The Morgan fingerprint density at radius 2 is 1.76 bits per heavy atom. The van der Waals surface area contributed by atoms with Crippen molar-refractivity contribution >= 4 is 27.5 Å². The number of sulfonamides is 1. The Hall–Kier alpha value is -2.27. The maximum absolute atomic E-state index is 13.6. The summed E-state index contributed by atoms with van der Waals surface area (Å²) in [6, 6.07) is 2.77. The summed E-state index contributed by atoms with van der Waals surface area (Å²) in [6.45, 7) is 0. The molecule has 2 rings (SSSR count). The van der Waals surface area contributed by atoms with Gasteiger partial charge >= 0.3 is 6.18 Å². The van der Waals surface area contributed by atoms with E-state index in [1.165, 1.54) is 0 Å². The van der Waals surface area contributed by atoms with Crippen molar-refractivity contribution in [1.29, 1.82) is 0 Å². The van der Waals surface area contributed by atoms with Gasteiger partial charge in [0.1, 0.15) is 17.3 Å². The quantitative estimate of drug-likeness (QED) is 0.488. The van der Waals surface area contributed by atoms with Crippen LogP contribution in [-0.4, -0.2) is 19.2 Å². The van der Waals surface area contributed by atoms with E-state index < -0.39 is 54.8 Å². The smallest absolute Gasteiger partial charge is 0.381 e. The fraction of sp³-hybridized carbons (Fsp3) is 0.0769. The number of rotatable bonds is 3. The standard InChI is InChI=1S/C13H7ClF5N3O2S/c14-7-4-6(13(17,18)19)5-21-10(7)12(20)22-25(23,24)11-8(15)2-1-3-9(11)16/h1-5H,(H2,20,22). The largest absolute Gasteiger partial charge is 0.417 e. The topological polar surface area (TPSA) is 85.4 Å². The van der Waals surface area contributed by atoms with Gasteiger partial charge in [0.25, 0.3) is 10.0 Å². The Kier molecular flexibility index (Phi) is 5.00. The zero-order valence-corrected chi connectivity index (χ0v) is 13.4. The molecule has 12 heteroatoms. The summed E-state index contributed by atoms with van der Waals surface area (Å²) in [5, 5.41) is -0.639. The Balaban J connectivity index is 2.52. The van der Waals surface area contributed by atoms with Gasteiger partial charge in [-0.25, -0.2) is 8.78 Å². The highest BCUT2D eigenvalue weighted by molar-refractivity contribution is 7.90. The van der Waals surface area contributed by atoms with Crippen molar-refractivity contribution in [2.24, 2.45) is 10.1 Å². The molecule has 0 atom stereocenters. The molecule has 0 aliphatic carbocycles. The summed E-state index contributed by atoms with van der Waals surface area (Å²) in [4.78, 5) is 1.95. The van der Waals surface area contributed by atoms with Crippen LogP contribution in [0.3, 0.4) is 0 Å². The minimum absolute atomic E-state index is 0.361. The number of pyridine rings is 1. The summed E-state index contributed by atoms with van der Waals surface area (Å²) in [5.41, 5.74) is 3.59. The molecule has 2 N–H and O–H groups in total. The Bertz CT molecular complexity index is 940. The highest BCUT2D eigenvalue weighted by Crippen LogP contribution is 2.31. The summed E-state index contributed by atoms with van der Waals surface area (Å²) in [6.07, 6.45) is -4.37. The number of halogens is 6. The van der Waals surface area contributed by atoms with Gasteiger partial charge < -0.3 is 5.73 Å². The molecule has 0 radical (unpaired) electrons. The maximum atomic E-state index is 13.6. The molecule has 0 unspecified atom stereocenters. The number of nitrogens with zero attached hydrogens (tertiary/aromatic N) is 2. The number of benzene rings is 1. The zero-order valence-electron chi connectivity index (χ0n) is 11.9. The van der Waals surface area contributed by atoms with E-state index in [9.17, 15) is 30.4 Å². The fourth-order valence-electron chi connectivity index (χ4n) is 1.73. The van der Waals surface area contributed by atoms with Gasteiger partial charge in [0.2, 0.25) is 0 Å². The Morgan fingerprint density at radius 1 is 1.20 bits per heavy atom. The fourth-order valence-corrected chi connectivity index (χ4v) is 3.06. The van der Waals surface area contributed by atoms with Crippen molar-refractivity contribution in [3.63, 3.8) is 0 Å². The van der Waals surface area contributed by atoms with Crippen LogP contribution in [0.1, 0.15) is 11.3 Å². The third-order valence-corrected chi connectivity index (χ3v) is 4.44. The van der Waals surface area contributed by atoms with Gasteiger partial charge in [-0.2, -0.15) is 21.6 Å². The molecule has 1 aromatic carbocycles. The molecule has 0 spiro atoms. The second kappa shape index (κ2) is 6.56. The van der Waals surface area contributed by atoms with Gasteiger partial charge in [-0.05, 0) is 18.2 Å². The highest BCUT2D eigenvalue weighted by Gasteiger charge is 2.32. The van der Waals surface area contributed by atoms with Crippen molar-refractivity contribution in [3.8, 4) is 0 Å². The van der Waals surface area contributed by atoms with Crippen LogP contribution in [-0.2, 0) is 16.2 Å². The minimum atomic E-state index is -4.93. The summed E-state index contributed by atoms with van der Waals surface area (Å²) >= 11 is 5.60.